The number of fused-ring (bicyclic) bond motifs is 3. The van der Waals surface area contributed by atoms with Gasteiger partial charge in [-0.2, -0.15) is 5.10 Å². The number of hydrogen-bond acceptors (Lipinski definition) is 7. The van der Waals surface area contributed by atoms with Gasteiger partial charge < -0.3 is 9.47 Å². The van der Waals surface area contributed by atoms with Gasteiger partial charge in [0.15, 0.2) is 0 Å². The summed E-state index contributed by atoms with van der Waals surface area (Å²) in [6.45, 7) is 3.87. The Kier molecular flexibility index (Phi) is 5.94. The van der Waals surface area contributed by atoms with Gasteiger partial charge in [-0.15, -0.1) is 0 Å². The quantitative estimate of drug-likeness (QED) is 0.289. The van der Waals surface area contributed by atoms with Gasteiger partial charge in [-0.1, -0.05) is 18.2 Å². The lowest BCUT2D eigenvalue weighted by Crippen LogP contribution is -2.28. The fourth-order valence-corrected chi connectivity index (χ4v) is 4.46. The summed E-state index contributed by atoms with van der Waals surface area (Å²) < 4.78 is 10.5. The number of hydrogen-bond donors (Lipinski definition) is 0. The number of ether oxygens (including phenoxy) is 2. The number of methoxy groups -OCH3 is 1. The van der Waals surface area contributed by atoms with Gasteiger partial charge in [0, 0.05) is 35.4 Å². The number of allylic oxidation sites excluding steroid dienone is 1. The number of carbonyl (C=O) groups excluding carboxylic acids is 1. The molecule has 8 heteroatoms. The Hall–Kier alpha value is -3.68. The molecular weight excluding hydrogens is 410 g/mol. The van der Waals surface area contributed by atoms with Gasteiger partial charge >= 0.3 is 5.97 Å². The Bertz CT molecular complexity index is 1110. The molecule has 0 aromatic heterocycles. The van der Waals surface area contributed by atoms with Crippen LogP contribution >= 0.6 is 0 Å². The van der Waals surface area contributed by atoms with E-state index in [-0.39, 0.29) is 17.6 Å². The Labute approximate surface area is 186 Å². The molecule has 32 heavy (non-hydrogen) atoms. The molecule has 166 valence electrons. The normalized spacial score (nSPS) is 19.7. The Balaban J connectivity index is 1.78. The molecule has 2 aromatic carbocycles. The third-order valence-electron chi connectivity index (χ3n) is 5.95. The lowest BCUT2D eigenvalue weighted by atomic mass is 9.77. The van der Waals surface area contributed by atoms with E-state index < -0.39 is 10.9 Å². The fraction of sp³-hybridized carbons (Fsp3) is 0.333. The second kappa shape index (κ2) is 8.82. The number of esters is 1. The molecule has 0 saturated heterocycles. The van der Waals surface area contributed by atoms with Crippen LogP contribution in [0.5, 0.6) is 5.75 Å². The smallest absolute Gasteiger partial charge is 0.332 e. The molecule has 0 radical (unpaired) electrons. The van der Waals surface area contributed by atoms with E-state index in [1.807, 2.05) is 24.1 Å². The molecule has 0 bridgehead atoms. The average Bonchev–Trinajstić information content (AvgIpc) is 3.19. The minimum atomic E-state index is -0.426. The standard InChI is InChI=1S/C24H25N3O5/c1-4-32-22(28)13-15(2)26-24(17-5-9-18(10-6-17)27(29)30)20-12-8-16-7-11-19(31-3)14-21(16)23(20)25-26/h5-7,9-11,13-14,20,24H,4,8,12H2,1-3H3/b15-13+/t20-,24-/m1/s1. The monoisotopic (exact) mass is 435 g/mol. The Morgan fingerprint density at radius 1 is 1.28 bits per heavy atom. The van der Waals surface area contributed by atoms with E-state index in [9.17, 15) is 14.9 Å². The molecule has 2 atom stereocenters. The summed E-state index contributed by atoms with van der Waals surface area (Å²) in [6, 6.07) is 12.4. The van der Waals surface area contributed by atoms with Crippen LogP contribution in [0, 0.1) is 16.0 Å². The van der Waals surface area contributed by atoms with Gasteiger partial charge in [0.2, 0.25) is 0 Å². The fourth-order valence-electron chi connectivity index (χ4n) is 4.46. The maximum Gasteiger partial charge on any atom is 0.332 e. The average molecular weight is 435 g/mol. The summed E-state index contributed by atoms with van der Waals surface area (Å²) in [5, 5.41) is 17.9. The Morgan fingerprint density at radius 2 is 2.03 bits per heavy atom. The van der Waals surface area contributed by atoms with Crippen LogP contribution in [0.2, 0.25) is 0 Å². The first kappa shape index (κ1) is 21.5. The van der Waals surface area contributed by atoms with E-state index in [1.54, 1.807) is 26.2 Å². The molecule has 4 rings (SSSR count). The zero-order valence-electron chi connectivity index (χ0n) is 18.3. The predicted octanol–water partition coefficient (Wildman–Crippen LogP) is 4.39. The number of hydrazone groups is 1. The molecule has 2 aliphatic rings. The number of non-ortho nitro benzene ring substituents is 1. The summed E-state index contributed by atoms with van der Waals surface area (Å²) in [5.74, 6) is 0.405. The SMILES string of the molecule is CCOC(=O)/C=C(\C)N1N=C2c3cc(OC)ccc3CC[C@H]2[C@H]1c1ccc([N+](=O)[O-])cc1. The van der Waals surface area contributed by atoms with Crippen LogP contribution in [0.3, 0.4) is 0 Å². The number of nitrogens with zero attached hydrogens (tertiary/aromatic N) is 3. The van der Waals surface area contributed by atoms with E-state index in [2.05, 4.69) is 6.07 Å². The van der Waals surface area contributed by atoms with Gasteiger partial charge in [0.1, 0.15) is 5.75 Å². The van der Waals surface area contributed by atoms with Crippen molar-refractivity contribution in [1.82, 2.24) is 5.01 Å². The van der Waals surface area contributed by atoms with Crippen LogP contribution in [0.25, 0.3) is 0 Å². The van der Waals surface area contributed by atoms with E-state index in [1.165, 1.54) is 23.8 Å². The minimum Gasteiger partial charge on any atom is -0.497 e. The summed E-state index contributed by atoms with van der Waals surface area (Å²) >= 11 is 0. The second-order valence-corrected chi connectivity index (χ2v) is 7.83. The molecule has 1 aliphatic carbocycles. The van der Waals surface area contributed by atoms with Crippen molar-refractivity contribution in [2.45, 2.75) is 32.7 Å². The predicted molar refractivity (Wildman–Crippen MR) is 119 cm³/mol. The number of carbonyl (C=O) groups is 1. The van der Waals surface area contributed by atoms with Crippen molar-refractivity contribution in [3.05, 3.63) is 81.0 Å². The Morgan fingerprint density at radius 3 is 2.69 bits per heavy atom. The first-order valence-corrected chi connectivity index (χ1v) is 10.6. The van der Waals surface area contributed by atoms with Gasteiger partial charge in [0.05, 0.1) is 30.4 Å². The third kappa shape index (κ3) is 3.95. The highest BCUT2D eigenvalue weighted by Gasteiger charge is 2.42. The largest absolute Gasteiger partial charge is 0.497 e. The number of nitro benzene ring substituents is 1. The van der Waals surface area contributed by atoms with Crippen molar-refractivity contribution in [3.63, 3.8) is 0 Å². The van der Waals surface area contributed by atoms with E-state index in [4.69, 9.17) is 14.6 Å². The lowest BCUT2D eigenvalue weighted by Gasteiger charge is -2.31. The molecule has 0 spiro atoms. The van der Waals surface area contributed by atoms with Crippen molar-refractivity contribution >= 4 is 17.4 Å². The molecule has 8 nitrogen and oxygen atoms in total. The van der Waals surface area contributed by atoms with Crippen LogP contribution in [-0.4, -0.2) is 35.3 Å². The van der Waals surface area contributed by atoms with Crippen LogP contribution in [0.4, 0.5) is 5.69 Å². The molecular formula is C24H25N3O5. The molecule has 1 aliphatic heterocycles. The van der Waals surface area contributed by atoms with E-state index >= 15 is 0 Å². The summed E-state index contributed by atoms with van der Waals surface area (Å²) in [5.41, 5.74) is 4.78. The zero-order chi connectivity index (χ0) is 22.8. The number of rotatable bonds is 6. The summed E-state index contributed by atoms with van der Waals surface area (Å²) in [6.07, 6.45) is 3.21. The van der Waals surface area contributed by atoms with E-state index in [0.717, 1.165) is 35.4 Å². The molecule has 0 N–H and O–H groups in total. The first-order valence-electron chi connectivity index (χ1n) is 10.6. The van der Waals surface area contributed by atoms with Crippen molar-refractivity contribution in [2.75, 3.05) is 13.7 Å². The second-order valence-electron chi connectivity index (χ2n) is 7.83. The molecule has 0 unspecified atom stereocenters. The highest BCUT2D eigenvalue weighted by molar-refractivity contribution is 6.06. The number of aryl methyl sites for hydroxylation is 1. The maximum absolute atomic E-state index is 12.1. The van der Waals surface area contributed by atoms with Crippen molar-refractivity contribution in [3.8, 4) is 5.75 Å². The zero-order valence-corrected chi connectivity index (χ0v) is 18.3. The van der Waals surface area contributed by atoms with E-state index in [0.29, 0.717) is 12.3 Å². The van der Waals surface area contributed by atoms with Crippen LogP contribution < -0.4 is 4.74 Å². The third-order valence-corrected chi connectivity index (χ3v) is 5.95. The van der Waals surface area contributed by atoms with Gasteiger partial charge in [-0.25, -0.2) is 4.79 Å². The number of benzene rings is 2. The minimum absolute atomic E-state index is 0.0388. The molecule has 0 saturated carbocycles. The number of nitro groups is 1. The molecule has 0 fully saturated rings. The maximum atomic E-state index is 12.1. The topological polar surface area (TPSA) is 94.3 Å². The van der Waals surface area contributed by atoms with Crippen LogP contribution in [0.15, 0.2) is 59.3 Å². The van der Waals surface area contributed by atoms with Crippen molar-refractivity contribution < 1.29 is 19.2 Å². The summed E-state index contributed by atoms with van der Waals surface area (Å²) in [4.78, 5) is 22.8. The molecule has 2 aromatic rings. The lowest BCUT2D eigenvalue weighted by molar-refractivity contribution is -0.384. The van der Waals surface area contributed by atoms with Crippen LogP contribution in [0.1, 0.15) is 43.0 Å². The van der Waals surface area contributed by atoms with Gasteiger partial charge in [-0.3, -0.25) is 15.1 Å². The van der Waals surface area contributed by atoms with Gasteiger partial charge in [0.25, 0.3) is 5.69 Å². The molecule has 1 heterocycles. The van der Waals surface area contributed by atoms with Crippen LogP contribution in [-0.2, 0) is 16.0 Å². The molecule has 0 amide bonds. The highest BCUT2D eigenvalue weighted by atomic mass is 16.6. The first-order chi connectivity index (χ1) is 15.4. The van der Waals surface area contributed by atoms with Gasteiger partial charge in [-0.05, 0) is 49.9 Å². The highest BCUT2D eigenvalue weighted by Crippen LogP contribution is 2.45. The summed E-state index contributed by atoms with van der Waals surface area (Å²) in [7, 11) is 1.64. The van der Waals surface area contributed by atoms with Crippen molar-refractivity contribution in [1.29, 1.82) is 0 Å². The van der Waals surface area contributed by atoms with Crippen molar-refractivity contribution in [2.24, 2.45) is 11.0 Å².